The number of rotatable bonds is 3. The van der Waals surface area contributed by atoms with E-state index >= 15 is 0 Å². The van der Waals surface area contributed by atoms with Gasteiger partial charge in [-0.25, -0.2) is 0 Å². The Bertz CT molecular complexity index is 294. The second-order valence-electron chi connectivity index (χ2n) is 3.24. The fourth-order valence-corrected chi connectivity index (χ4v) is 1.20. The number of anilines is 2. The molecule has 3 nitrogen and oxygen atoms in total. The number of nitrogens with one attached hydrogen (secondary N) is 1. The first-order valence-electron chi connectivity index (χ1n) is 4.46. The summed E-state index contributed by atoms with van der Waals surface area (Å²) < 4.78 is 0. The molecule has 0 bridgehead atoms. The minimum Gasteiger partial charge on any atom is -0.397 e. The van der Waals surface area contributed by atoms with Crippen LogP contribution in [0, 0.1) is 13.8 Å². The monoisotopic (exact) mass is 179 g/mol. The third kappa shape index (κ3) is 2.36. The number of nitrogens with two attached hydrogens (primary N) is 2. The molecule has 0 fully saturated rings. The molecule has 0 radical (unpaired) electrons. The fraction of sp³-hybridized carbons (Fsp3) is 0.400. The minimum absolute atomic E-state index is 0.617. The van der Waals surface area contributed by atoms with Crippen LogP contribution in [0.1, 0.15) is 11.1 Å². The van der Waals surface area contributed by atoms with Crippen LogP contribution in [0.15, 0.2) is 12.1 Å². The van der Waals surface area contributed by atoms with Gasteiger partial charge in [0.1, 0.15) is 0 Å². The summed E-state index contributed by atoms with van der Waals surface area (Å²) in [6, 6.07) is 4.04. The molecule has 0 atom stereocenters. The van der Waals surface area contributed by atoms with E-state index in [1.54, 1.807) is 0 Å². The predicted octanol–water partition coefficient (Wildman–Crippen LogP) is 1.26. The zero-order chi connectivity index (χ0) is 9.84. The molecule has 0 saturated carbocycles. The van der Waals surface area contributed by atoms with E-state index in [1.165, 1.54) is 11.1 Å². The summed E-state index contributed by atoms with van der Waals surface area (Å²) in [7, 11) is 0. The average molecular weight is 179 g/mol. The van der Waals surface area contributed by atoms with Crippen molar-refractivity contribution in [1.82, 2.24) is 0 Å². The van der Waals surface area contributed by atoms with E-state index in [1.807, 2.05) is 6.07 Å². The molecule has 1 aromatic rings. The summed E-state index contributed by atoms with van der Waals surface area (Å²) in [5.41, 5.74) is 15.4. The van der Waals surface area contributed by atoms with Crippen molar-refractivity contribution in [2.24, 2.45) is 5.73 Å². The molecule has 72 valence electrons. The van der Waals surface area contributed by atoms with Crippen LogP contribution in [0.2, 0.25) is 0 Å². The second kappa shape index (κ2) is 4.14. The highest BCUT2D eigenvalue weighted by atomic mass is 14.9. The lowest BCUT2D eigenvalue weighted by molar-refractivity contribution is 1.02. The fourth-order valence-electron chi connectivity index (χ4n) is 1.20. The summed E-state index contributed by atoms with van der Waals surface area (Å²) in [5, 5.41) is 3.18. The predicted molar refractivity (Wildman–Crippen MR) is 57.9 cm³/mol. The molecule has 0 aliphatic heterocycles. The second-order valence-corrected chi connectivity index (χ2v) is 3.24. The van der Waals surface area contributed by atoms with E-state index in [0.29, 0.717) is 6.54 Å². The average Bonchev–Trinajstić information content (AvgIpc) is 2.09. The first kappa shape index (κ1) is 9.86. The highest BCUT2D eigenvalue weighted by Gasteiger charge is 2.00. The molecule has 1 aromatic carbocycles. The smallest absolute Gasteiger partial charge is 0.0577 e. The summed E-state index contributed by atoms with van der Waals surface area (Å²) in [5.74, 6) is 0. The van der Waals surface area contributed by atoms with Crippen LogP contribution < -0.4 is 16.8 Å². The highest BCUT2D eigenvalue weighted by molar-refractivity contribution is 5.68. The maximum Gasteiger partial charge on any atom is 0.0577 e. The van der Waals surface area contributed by atoms with E-state index in [2.05, 4.69) is 25.2 Å². The Morgan fingerprint density at radius 2 is 1.85 bits per heavy atom. The normalized spacial score (nSPS) is 10.1. The van der Waals surface area contributed by atoms with Gasteiger partial charge in [-0.05, 0) is 37.1 Å². The topological polar surface area (TPSA) is 64.1 Å². The van der Waals surface area contributed by atoms with Crippen molar-refractivity contribution in [3.05, 3.63) is 23.3 Å². The van der Waals surface area contributed by atoms with Gasteiger partial charge in [0.25, 0.3) is 0 Å². The number of hydrogen-bond acceptors (Lipinski definition) is 3. The molecular weight excluding hydrogens is 162 g/mol. The Balaban J connectivity index is 2.88. The summed E-state index contributed by atoms with van der Waals surface area (Å²) in [4.78, 5) is 0. The van der Waals surface area contributed by atoms with Gasteiger partial charge in [-0.2, -0.15) is 0 Å². The number of benzene rings is 1. The molecule has 13 heavy (non-hydrogen) atoms. The van der Waals surface area contributed by atoms with Crippen LogP contribution in [-0.2, 0) is 0 Å². The van der Waals surface area contributed by atoms with Crippen molar-refractivity contribution in [1.29, 1.82) is 0 Å². The van der Waals surface area contributed by atoms with E-state index in [-0.39, 0.29) is 0 Å². The third-order valence-corrected chi connectivity index (χ3v) is 2.13. The minimum atomic E-state index is 0.617. The maximum atomic E-state index is 5.83. The van der Waals surface area contributed by atoms with Crippen LogP contribution in [0.25, 0.3) is 0 Å². The third-order valence-electron chi connectivity index (χ3n) is 2.13. The van der Waals surface area contributed by atoms with Gasteiger partial charge in [0, 0.05) is 13.1 Å². The molecule has 0 amide bonds. The standard InChI is InChI=1S/C10H17N3/c1-7-5-9(12)10(6-8(7)2)13-4-3-11/h5-6,13H,3-4,11-12H2,1-2H3. The lowest BCUT2D eigenvalue weighted by Crippen LogP contribution is -2.14. The van der Waals surface area contributed by atoms with E-state index in [0.717, 1.165) is 17.9 Å². The number of hydrogen-bond donors (Lipinski definition) is 3. The Morgan fingerprint density at radius 1 is 1.23 bits per heavy atom. The van der Waals surface area contributed by atoms with Crippen LogP contribution in [0.5, 0.6) is 0 Å². The lowest BCUT2D eigenvalue weighted by Gasteiger charge is -2.10. The zero-order valence-electron chi connectivity index (χ0n) is 8.22. The zero-order valence-corrected chi connectivity index (χ0v) is 8.22. The van der Waals surface area contributed by atoms with Gasteiger partial charge in [0.05, 0.1) is 11.4 Å². The van der Waals surface area contributed by atoms with Gasteiger partial charge in [0.15, 0.2) is 0 Å². The first-order chi connectivity index (χ1) is 6.15. The van der Waals surface area contributed by atoms with Gasteiger partial charge < -0.3 is 16.8 Å². The Kier molecular flexibility index (Phi) is 3.14. The highest BCUT2D eigenvalue weighted by Crippen LogP contribution is 2.22. The molecule has 0 aromatic heterocycles. The molecule has 0 heterocycles. The first-order valence-corrected chi connectivity index (χ1v) is 4.46. The molecule has 0 unspecified atom stereocenters. The van der Waals surface area contributed by atoms with Crippen molar-refractivity contribution < 1.29 is 0 Å². The van der Waals surface area contributed by atoms with Crippen molar-refractivity contribution in [3.63, 3.8) is 0 Å². The van der Waals surface area contributed by atoms with Crippen molar-refractivity contribution in [2.45, 2.75) is 13.8 Å². The quantitative estimate of drug-likeness (QED) is 0.612. The molecule has 1 rings (SSSR count). The number of aryl methyl sites for hydroxylation is 2. The molecule has 3 heteroatoms. The van der Waals surface area contributed by atoms with E-state index in [4.69, 9.17) is 11.5 Å². The molecule has 0 aliphatic rings. The Morgan fingerprint density at radius 3 is 2.46 bits per heavy atom. The molecule has 5 N–H and O–H groups in total. The Labute approximate surface area is 79.1 Å². The van der Waals surface area contributed by atoms with Crippen LogP contribution in [-0.4, -0.2) is 13.1 Å². The number of nitrogen functional groups attached to an aromatic ring is 1. The van der Waals surface area contributed by atoms with Crippen LogP contribution in [0.4, 0.5) is 11.4 Å². The van der Waals surface area contributed by atoms with Gasteiger partial charge in [-0.1, -0.05) is 0 Å². The molecule has 0 spiro atoms. The Hall–Kier alpha value is -1.22. The lowest BCUT2D eigenvalue weighted by atomic mass is 10.1. The van der Waals surface area contributed by atoms with Gasteiger partial charge >= 0.3 is 0 Å². The van der Waals surface area contributed by atoms with Crippen LogP contribution in [0.3, 0.4) is 0 Å². The van der Waals surface area contributed by atoms with Gasteiger partial charge in [0.2, 0.25) is 0 Å². The largest absolute Gasteiger partial charge is 0.397 e. The van der Waals surface area contributed by atoms with Gasteiger partial charge in [-0.3, -0.25) is 0 Å². The summed E-state index contributed by atoms with van der Waals surface area (Å²) in [6.07, 6.45) is 0. The van der Waals surface area contributed by atoms with E-state index < -0.39 is 0 Å². The van der Waals surface area contributed by atoms with Crippen molar-refractivity contribution in [3.8, 4) is 0 Å². The van der Waals surface area contributed by atoms with Crippen LogP contribution >= 0.6 is 0 Å². The molecular formula is C10H17N3. The summed E-state index contributed by atoms with van der Waals surface area (Å²) in [6.45, 7) is 5.50. The van der Waals surface area contributed by atoms with Crippen molar-refractivity contribution in [2.75, 3.05) is 24.1 Å². The van der Waals surface area contributed by atoms with E-state index in [9.17, 15) is 0 Å². The SMILES string of the molecule is Cc1cc(N)c(NCCN)cc1C. The van der Waals surface area contributed by atoms with Crippen molar-refractivity contribution >= 4 is 11.4 Å². The maximum absolute atomic E-state index is 5.83. The van der Waals surface area contributed by atoms with Gasteiger partial charge in [-0.15, -0.1) is 0 Å². The molecule has 0 saturated heterocycles. The summed E-state index contributed by atoms with van der Waals surface area (Å²) >= 11 is 0. The molecule has 0 aliphatic carbocycles.